The third kappa shape index (κ3) is 2.76. The van der Waals surface area contributed by atoms with Gasteiger partial charge in [0.25, 0.3) is 0 Å². The summed E-state index contributed by atoms with van der Waals surface area (Å²) in [6.45, 7) is 0.520. The summed E-state index contributed by atoms with van der Waals surface area (Å²) in [4.78, 5) is 15.4. The summed E-state index contributed by atoms with van der Waals surface area (Å²) in [5, 5.41) is 13.0. The van der Waals surface area contributed by atoms with Crippen LogP contribution in [0.15, 0.2) is 16.7 Å². The van der Waals surface area contributed by atoms with Gasteiger partial charge in [-0.05, 0) is 12.8 Å². The molecule has 1 aromatic rings. The molecule has 0 radical (unpaired) electrons. The van der Waals surface area contributed by atoms with E-state index in [9.17, 15) is 9.90 Å². The zero-order chi connectivity index (χ0) is 13.0. The van der Waals surface area contributed by atoms with Crippen molar-refractivity contribution in [2.45, 2.75) is 25.2 Å². The maximum atomic E-state index is 11.2. The van der Waals surface area contributed by atoms with E-state index in [2.05, 4.69) is 10.1 Å². The Hall–Kier alpha value is -1.69. The van der Waals surface area contributed by atoms with Crippen molar-refractivity contribution < 1.29 is 19.2 Å². The summed E-state index contributed by atoms with van der Waals surface area (Å²) in [7, 11) is 1.60. The fraction of sp³-hybridized carbons (Fsp3) is 0.583. The van der Waals surface area contributed by atoms with Crippen molar-refractivity contribution in [3.8, 4) is 0 Å². The first-order valence-electron chi connectivity index (χ1n) is 5.91. The van der Waals surface area contributed by atoms with Crippen molar-refractivity contribution in [1.82, 2.24) is 10.1 Å². The first kappa shape index (κ1) is 12.8. The number of carboxylic acid groups (broad SMARTS) is 1. The van der Waals surface area contributed by atoms with Gasteiger partial charge in [-0.3, -0.25) is 4.79 Å². The molecular formula is C12H16N2O4. The van der Waals surface area contributed by atoms with Gasteiger partial charge in [0, 0.05) is 13.5 Å². The first-order chi connectivity index (χ1) is 8.72. The number of allylic oxidation sites excluding steroid dienone is 2. The lowest BCUT2D eigenvalue weighted by Gasteiger charge is -2.21. The van der Waals surface area contributed by atoms with Crippen LogP contribution in [0.1, 0.15) is 30.5 Å². The molecule has 0 saturated heterocycles. The predicted molar refractivity (Wildman–Crippen MR) is 62.1 cm³/mol. The minimum atomic E-state index is -0.819. The average molecular weight is 252 g/mol. The Morgan fingerprint density at radius 3 is 3.06 bits per heavy atom. The van der Waals surface area contributed by atoms with Crippen molar-refractivity contribution >= 4 is 5.97 Å². The summed E-state index contributed by atoms with van der Waals surface area (Å²) in [5.41, 5.74) is 0. The lowest BCUT2D eigenvalue weighted by atomic mass is 9.83. The molecule has 1 aliphatic carbocycles. The third-order valence-electron chi connectivity index (χ3n) is 3.08. The molecule has 2 rings (SSSR count). The van der Waals surface area contributed by atoms with E-state index in [-0.39, 0.29) is 5.92 Å². The Morgan fingerprint density at radius 2 is 2.33 bits per heavy atom. The number of aliphatic carboxylic acids is 1. The number of ether oxygens (including phenoxy) is 1. The predicted octanol–water partition coefficient (Wildman–Crippen LogP) is 1.39. The number of carbonyl (C=O) groups is 1. The van der Waals surface area contributed by atoms with Gasteiger partial charge in [0.1, 0.15) is 0 Å². The van der Waals surface area contributed by atoms with Gasteiger partial charge in [-0.1, -0.05) is 17.3 Å². The van der Waals surface area contributed by atoms with Gasteiger partial charge in [-0.15, -0.1) is 0 Å². The summed E-state index contributed by atoms with van der Waals surface area (Å²) in [5.74, 6) is -0.550. The Morgan fingerprint density at radius 1 is 1.56 bits per heavy atom. The Bertz CT molecular complexity index is 441. The molecule has 0 fully saturated rings. The van der Waals surface area contributed by atoms with E-state index < -0.39 is 11.9 Å². The largest absolute Gasteiger partial charge is 0.481 e. The molecule has 0 aromatic carbocycles. The topological polar surface area (TPSA) is 85.5 Å². The highest BCUT2D eigenvalue weighted by Gasteiger charge is 2.33. The molecule has 98 valence electrons. The van der Waals surface area contributed by atoms with Crippen molar-refractivity contribution in [2.75, 3.05) is 13.7 Å². The number of hydrogen-bond donors (Lipinski definition) is 1. The molecule has 0 saturated carbocycles. The lowest BCUT2D eigenvalue weighted by Crippen LogP contribution is -2.23. The Balaban J connectivity index is 2.11. The molecule has 0 aliphatic heterocycles. The molecular weight excluding hydrogens is 236 g/mol. The van der Waals surface area contributed by atoms with E-state index >= 15 is 0 Å². The molecule has 0 unspecified atom stereocenters. The monoisotopic (exact) mass is 252 g/mol. The second-order valence-electron chi connectivity index (χ2n) is 4.29. The maximum absolute atomic E-state index is 11.2. The molecule has 2 atom stereocenters. The molecule has 0 bridgehead atoms. The van der Waals surface area contributed by atoms with Crippen LogP contribution in [0.4, 0.5) is 0 Å². The van der Waals surface area contributed by atoms with Crippen LogP contribution >= 0.6 is 0 Å². The highest BCUT2D eigenvalue weighted by molar-refractivity contribution is 5.71. The van der Waals surface area contributed by atoms with E-state index in [1.165, 1.54) is 0 Å². The number of carboxylic acids is 1. The summed E-state index contributed by atoms with van der Waals surface area (Å²) < 4.78 is 10.1. The molecule has 6 nitrogen and oxygen atoms in total. The van der Waals surface area contributed by atoms with Crippen LogP contribution in [0.25, 0.3) is 0 Å². The molecule has 1 heterocycles. The zero-order valence-corrected chi connectivity index (χ0v) is 10.2. The van der Waals surface area contributed by atoms with Gasteiger partial charge in [0.15, 0.2) is 5.82 Å². The van der Waals surface area contributed by atoms with E-state index in [0.29, 0.717) is 37.6 Å². The molecule has 6 heteroatoms. The normalized spacial score (nSPS) is 23.2. The van der Waals surface area contributed by atoms with Crippen LogP contribution in [0.2, 0.25) is 0 Å². The van der Waals surface area contributed by atoms with Crippen LogP contribution in [0.3, 0.4) is 0 Å². The van der Waals surface area contributed by atoms with E-state index in [4.69, 9.17) is 9.26 Å². The third-order valence-corrected chi connectivity index (χ3v) is 3.08. The quantitative estimate of drug-likeness (QED) is 0.797. The van der Waals surface area contributed by atoms with Crippen molar-refractivity contribution in [2.24, 2.45) is 5.92 Å². The molecule has 1 aromatic heterocycles. The number of hydrogen-bond acceptors (Lipinski definition) is 5. The summed E-state index contributed by atoms with van der Waals surface area (Å²) in [6, 6.07) is 0. The van der Waals surface area contributed by atoms with Crippen LogP contribution in [0.5, 0.6) is 0 Å². The smallest absolute Gasteiger partial charge is 0.307 e. The minimum Gasteiger partial charge on any atom is -0.481 e. The van der Waals surface area contributed by atoms with Crippen LogP contribution < -0.4 is 0 Å². The van der Waals surface area contributed by atoms with Crippen LogP contribution in [0, 0.1) is 5.92 Å². The molecule has 0 amide bonds. The molecule has 1 N–H and O–H groups in total. The molecule has 18 heavy (non-hydrogen) atoms. The highest BCUT2D eigenvalue weighted by atomic mass is 16.5. The Labute approximate surface area is 105 Å². The number of methoxy groups -OCH3 is 1. The molecule has 0 spiro atoms. The van der Waals surface area contributed by atoms with Gasteiger partial charge in [-0.25, -0.2) is 0 Å². The van der Waals surface area contributed by atoms with Crippen LogP contribution in [-0.2, 0) is 16.0 Å². The standard InChI is InChI=1S/C12H16N2O4/c1-17-7-6-10-13-11(18-14-10)8-4-2-3-5-9(8)12(15)16/h2-3,8-9H,4-7H2,1H3,(H,15,16)/t8-,9+/m1/s1. The van der Waals surface area contributed by atoms with Gasteiger partial charge in [-0.2, -0.15) is 4.98 Å². The SMILES string of the molecule is COCCc1noc([C@@H]2CC=CC[C@@H]2C(=O)O)n1. The minimum absolute atomic E-state index is 0.226. The van der Waals surface area contributed by atoms with Crippen LogP contribution in [-0.4, -0.2) is 34.9 Å². The van der Waals surface area contributed by atoms with Gasteiger partial charge < -0.3 is 14.4 Å². The zero-order valence-electron chi connectivity index (χ0n) is 10.2. The maximum Gasteiger partial charge on any atom is 0.307 e. The Kier molecular flexibility index (Phi) is 4.09. The fourth-order valence-electron chi connectivity index (χ4n) is 2.07. The van der Waals surface area contributed by atoms with Gasteiger partial charge >= 0.3 is 5.97 Å². The first-order valence-corrected chi connectivity index (χ1v) is 5.91. The highest BCUT2D eigenvalue weighted by Crippen LogP contribution is 2.33. The van der Waals surface area contributed by atoms with Gasteiger partial charge in [0.05, 0.1) is 18.4 Å². The van der Waals surface area contributed by atoms with E-state index in [1.807, 2.05) is 12.2 Å². The van der Waals surface area contributed by atoms with E-state index in [1.54, 1.807) is 7.11 Å². The van der Waals surface area contributed by atoms with Crippen molar-refractivity contribution in [1.29, 1.82) is 0 Å². The summed E-state index contributed by atoms with van der Waals surface area (Å²) in [6.07, 6.45) is 5.56. The van der Waals surface area contributed by atoms with E-state index in [0.717, 1.165) is 0 Å². The van der Waals surface area contributed by atoms with Gasteiger partial charge in [0.2, 0.25) is 5.89 Å². The second-order valence-corrected chi connectivity index (χ2v) is 4.29. The van der Waals surface area contributed by atoms with Crippen molar-refractivity contribution in [3.05, 3.63) is 23.9 Å². The lowest BCUT2D eigenvalue weighted by molar-refractivity contribution is -0.142. The van der Waals surface area contributed by atoms with Crippen molar-refractivity contribution in [3.63, 3.8) is 0 Å². The number of rotatable bonds is 5. The summed E-state index contributed by atoms with van der Waals surface area (Å²) >= 11 is 0. The fourth-order valence-corrected chi connectivity index (χ4v) is 2.07. The second kappa shape index (κ2) is 5.77. The number of nitrogens with zero attached hydrogens (tertiary/aromatic N) is 2. The molecule has 1 aliphatic rings. The number of aromatic nitrogens is 2. The average Bonchev–Trinajstić information content (AvgIpc) is 2.85.